The van der Waals surface area contributed by atoms with Crippen LogP contribution in [-0.2, 0) is 6.42 Å². The number of benzene rings is 3. The molecule has 0 radical (unpaired) electrons. The Bertz CT molecular complexity index is 820. The van der Waals surface area contributed by atoms with Gasteiger partial charge in [-0.15, -0.1) is 0 Å². The van der Waals surface area contributed by atoms with Crippen LogP contribution < -0.4 is 10.1 Å². The molecule has 3 aromatic rings. The van der Waals surface area contributed by atoms with Gasteiger partial charge in [-0.05, 0) is 35.9 Å². The van der Waals surface area contributed by atoms with Crippen molar-refractivity contribution in [2.24, 2.45) is 0 Å². The highest BCUT2D eigenvalue weighted by molar-refractivity contribution is 6.30. The summed E-state index contributed by atoms with van der Waals surface area (Å²) in [4.78, 5) is 12.1. The largest absolute Gasteiger partial charge is 0.417 e. The molecule has 1 N–H and O–H groups in total. The third-order valence-corrected chi connectivity index (χ3v) is 3.72. The standard InChI is InChI=1S/C20H16ClNO2/c21-17-11-12-19(16(14-17)13-15-7-3-1-4-8-15)24-20(23)22-18-9-5-2-6-10-18/h1-12,14H,13H2,(H,22,23). The minimum atomic E-state index is -0.530. The number of anilines is 1. The van der Waals surface area contributed by atoms with Crippen molar-refractivity contribution < 1.29 is 9.53 Å². The molecule has 4 heteroatoms. The van der Waals surface area contributed by atoms with Crippen LogP contribution in [0.3, 0.4) is 0 Å². The van der Waals surface area contributed by atoms with Gasteiger partial charge in [-0.25, -0.2) is 4.79 Å². The van der Waals surface area contributed by atoms with Crippen LogP contribution in [0.1, 0.15) is 11.1 Å². The number of hydrogen-bond acceptors (Lipinski definition) is 2. The van der Waals surface area contributed by atoms with Gasteiger partial charge in [0.1, 0.15) is 5.75 Å². The van der Waals surface area contributed by atoms with E-state index in [0.29, 0.717) is 22.9 Å². The molecule has 0 atom stereocenters. The third kappa shape index (κ3) is 4.37. The maximum Gasteiger partial charge on any atom is 0.417 e. The topological polar surface area (TPSA) is 38.3 Å². The second-order valence-corrected chi connectivity index (χ2v) is 5.73. The van der Waals surface area contributed by atoms with E-state index in [9.17, 15) is 4.79 Å². The summed E-state index contributed by atoms with van der Waals surface area (Å²) in [6.07, 6.45) is 0.104. The summed E-state index contributed by atoms with van der Waals surface area (Å²) >= 11 is 6.09. The van der Waals surface area contributed by atoms with E-state index in [1.54, 1.807) is 24.3 Å². The highest BCUT2D eigenvalue weighted by atomic mass is 35.5. The average molecular weight is 338 g/mol. The fourth-order valence-electron chi connectivity index (χ4n) is 2.37. The summed E-state index contributed by atoms with van der Waals surface area (Å²) in [5.74, 6) is 0.497. The van der Waals surface area contributed by atoms with Gasteiger partial charge < -0.3 is 4.74 Å². The van der Waals surface area contributed by atoms with Gasteiger partial charge in [-0.1, -0.05) is 60.1 Å². The van der Waals surface area contributed by atoms with Crippen LogP contribution in [0.25, 0.3) is 0 Å². The molecule has 0 aliphatic heterocycles. The van der Waals surface area contributed by atoms with Crippen LogP contribution >= 0.6 is 11.6 Å². The van der Waals surface area contributed by atoms with Gasteiger partial charge in [0, 0.05) is 22.7 Å². The van der Waals surface area contributed by atoms with Crippen LogP contribution in [0.2, 0.25) is 5.02 Å². The summed E-state index contributed by atoms with van der Waals surface area (Å²) in [6.45, 7) is 0. The van der Waals surface area contributed by atoms with Crippen molar-refractivity contribution in [3.63, 3.8) is 0 Å². The van der Waals surface area contributed by atoms with Gasteiger partial charge in [0.15, 0.2) is 0 Å². The van der Waals surface area contributed by atoms with Crippen LogP contribution in [-0.4, -0.2) is 6.09 Å². The van der Waals surface area contributed by atoms with Crippen molar-refractivity contribution in [2.45, 2.75) is 6.42 Å². The van der Waals surface area contributed by atoms with E-state index in [4.69, 9.17) is 16.3 Å². The monoisotopic (exact) mass is 337 g/mol. The highest BCUT2D eigenvalue weighted by Crippen LogP contribution is 2.26. The summed E-state index contributed by atoms with van der Waals surface area (Å²) in [6, 6.07) is 24.4. The molecule has 0 saturated carbocycles. The Balaban J connectivity index is 1.76. The van der Waals surface area contributed by atoms with Gasteiger partial charge in [0.2, 0.25) is 0 Å². The highest BCUT2D eigenvalue weighted by Gasteiger charge is 2.11. The lowest BCUT2D eigenvalue weighted by molar-refractivity contribution is 0.215. The number of halogens is 1. The molecule has 120 valence electrons. The SMILES string of the molecule is O=C(Nc1ccccc1)Oc1ccc(Cl)cc1Cc1ccccc1. The number of carbonyl (C=O) groups is 1. The first-order valence-electron chi connectivity index (χ1n) is 7.57. The number of ether oxygens (including phenoxy) is 1. The molecule has 3 rings (SSSR count). The van der Waals surface area contributed by atoms with E-state index in [-0.39, 0.29) is 0 Å². The summed E-state index contributed by atoms with van der Waals surface area (Å²) in [5, 5.41) is 3.31. The van der Waals surface area contributed by atoms with Gasteiger partial charge >= 0.3 is 6.09 Å². The number of nitrogens with one attached hydrogen (secondary N) is 1. The molecule has 0 spiro atoms. The quantitative estimate of drug-likeness (QED) is 0.678. The average Bonchev–Trinajstić information content (AvgIpc) is 2.59. The molecule has 1 amide bonds. The zero-order valence-corrected chi connectivity index (χ0v) is 13.7. The van der Waals surface area contributed by atoms with Crippen molar-refractivity contribution in [3.8, 4) is 5.75 Å². The minimum absolute atomic E-state index is 0.497. The number of para-hydroxylation sites is 1. The van der Waals surface area contributed by atoms with Gasteiger partial charge in [-0.2, -0.15) is 0 Å². The molecule has 0 aromatic heterocycles. The van der Waals surface area contributed by atoms with E-state index in [0.717, 1.165) is 11.1 Å². The van der Waals surface area contributed by atoms with Crippen LogP contribution in [0.5, 0.6) is 5.75 Å². The molecule has 0 unspecified atom stereocenters. The first kappa shape index (κ1) is 16.1. The zero-order valence-electron chi connectivity index (χ0n) is 12.9. The summed E-state index contributed by atoms with van der Waals surface area (Å²) < 4.78 is 5.47. The molecule has 0 bridgehead atoms. The Labute approximate surface area is 145 Å². The normalized spacial score (nSPS) is 10.2. The molecule has 3 aromatic carbocycles. The van der Waals surface area contributed by atoms with Crippen molar-refractivity contribution in [3.05, 3.63) is 95.0 Å². The van der Waals surface area contributed by atoms with E-state index < -0.39 is 6.09 Å². The molecule has 24 heavy (non-hydrogen) atoms. The molecule has 0 heterocycles. The van der Waals surface area contributed by atoms with Crippen LogP contribution in [0.4, 0.5) is 10.5 Å². The van der Waals surface area contributed by atoms with E-state index in [1.807, 2.05) is 54.6 Å². The fourth-order valence-corrected chi connectivity index (χ4v) is 2.56. The van der Waals surface area contributed by atoms with Crippen molar-refractivity contribution in [2.75, 3.05) is 5.32 Å². The number of carbonyl (C=O) groups excluding carboxylic acids is 1. The fraction of sp³-hybridized carbons (Fsp3) is 0.0500. The molecule has 0 aliphatic carbocycles. The van der Waals surface area contributed by atoms with Crippen LogP contribution in [0, 0.1) is 0 Å². The Hall–Kier alpha value is -2.78. The van der Waals surface area contributed by atoms with E-state index in [2.05, 4.69) is 5.32 Å². The Morgan fingerprint density at radius 1 is 0.917 bits per heavy atom. The number of hydrogen-bond donors (Lipinski definition) is 1. The summed E-state index contributed by atoms with van der Waals surface area (Å²) in [5.41, 5.74) is 2.66. The first-order valence-corrected chi connectivity index (χ1v) is 7.95. The van der Waals surface area contributed by atoms with Crippen molar-refractivity contribution >= 4 is 23.4 Å². The first-order chi connectivity index (χ1) is 11.7. The zero-order chi connectivity index (χ0) is 16.8. The van der Waals surface area contributed by atoms with E-state index in [1.165, 1.54) is 0 Å². The molecule has 0 saturated heterocycles. The predicted molar refractivity (Wildman–Crippen MR) is 96.8 cm³/mol. The Kier molecular flexibility index (Phi) is 5.14. The molecule has 0 fully saturated rings. The third-order valence-electron chi connectivity index (χ3n) is 3.48. The maximum absolute atomic E-state index is 12.1. The predicted octanol–water partition coefficient (Wildman–Crippen LogP) is 5.54. The van der Waals surface area contributed by atoms with Crippen molar-refractivity contribution in [1.29, 1.82) is 0 Å². The Morgan fingerprint density at radius 3 is 2.29 bits per heavy atom. The van der Waals surface area contributed by atoms with Crippen molar-refractivity contribution in [1.82, 2.24) is 0 Å². The molecular formula is C20H16ClNO2. The minimum Gasteiger partial charge on any atom is -0.410 e. The molecule has 3 nitrogen and oxygen atoms in total. The van der Waals surface area contributed by atoms with Gasteiger partial charge in [-0.3, -0.25) is 5.32 Å². The number of rotatable bonds is 4. The second-order valence-electron chi connectivity index (χ2n) is 5.29. The van der Waals surface area contributed by atoms with Crippen LogP contribution in [0.15, 0.2) is 78.9 Å². The van der Waals surface area contributed by atoms with E-state index >= 15 is 0 Å². The second kappa shape index (κ2) is 7.66. The molecule has 0 aliphatic rings. The molecular weight excluding hydrogens is 322 g/mol. The van der Waals surface area contributed by atoms with Gasteiger partial charge in [0.05, 0.1) is 0 Å². The maximum atomic E-state index is 12.1. The lowest BCUT2D eigenvalue weighted by atomic mass is 10.0. The Morgan fingerprint density at radius 2 is 1.58 bits per heavy atom. The smallest absolute Gasteiger partial charge is 0.410 e. The lowest BCUT2D eigenvalue weighted by Crippen LogP contribution is -2.17. The lowest BCUT2D eigenvalue weighted by Gasteiger charge is -2.11. The summed E-state index contributed by atoms with van der Waals surface area (Å²) in [7, 11) is 0. The number of amides is 1. The van der Waals surface area contributed by atoms with Gasteiger partial charge in [0.25, 0.3) is 0 Å².